The second-order valence-electron chi connectivity index (χ2n) is 4.64. The van der Waals surface area contributed by atoms with Gasteiger partial charge in [0.1, 0.15) is 6.54 Å². The van der Waals surface area contributed by atoms with E-state index in [2.05, 4.69) is 0 Å². The van der Waals surface area contributed by atoms with E-state index < -0.39 is 5.97 Å². The minimum atomic E-state index is -0.985. The fourth-order valence-corrected chi connectivity index (χ4v) is 2.27. The summed E-state index contributed by atoms with van der Waals surface area (Å²) in [7, 11) is 1.71. The summed E-state index contributed by atoms with van der Waals surface area (Å²) in [6.07, 6.45) is 1.55. The number of nitrogens with zero attached hydrogens (tertiary/aromatic N) is 2. The second kappa shape index (κ2) is 6.58. The minimum absolute atomic E-state index is 0.00672. The van der Waals surface area contributed by atoms with Crippen LogP contribution in [0.5, 0.6) is 0 Å². The molecule has 1 aliphatic heterocycles. The van der Waals surface area contributed by atoms with E-state index in [-0.39, 0.29) is 24.7 Å². The normalized spacial score (nSPS) is 22.8. The van der Waals surface area contributed by atoms with Gasteiger partial charge in [-0.15, -0.1) is 0 Å². The number of amides is 2. The molecule has 0 radical (unpaired) electrons. The van der Waals surface area contributed by atoms with Gasteiger partial charge in [0, 0.05) is 20.2 Å². The number of carbonyl (C=O) groups is 2. The van der Waals surface area contributed by atoms with Gasteiger partial charge in [0.25, 0.3) is 0 Å². The predicted octanol–water partition coefficient (Wildman–Crippen LogP) is 1.01. The summed E-state index contributed by atoms with van der Waals surface area (Å²) in [4.78, 5) is 26.0. The third-order valence-corrected chi connectivity index (χ3v) is 3.23. The SMILES string of the molecule is CCCN(CC(=O)O)C(=O)N(C)C1CCOC1C. The maximum absolute atomic E-state index is 12.2. The average molecular weight is 258 g/mol. The molecule has 104 valence electrons. The molecule has 0 aromatic carbocycles. The van der Waals surface area contributed by atoms with Gasteiger partial charge in [-0.05, 0) is 19.8 Å². The lowest BCUT2D eigenvalue weighted by molar-refractivity contribution is -0.137. The van der Waals surface area contributed by atoms with Crippen LogP contribution in [-0.4, -0.2) is 65.8 Å². The van der Waals surface area contributed by atoms with Crippen molar-refractivity contribution in [3.05, 3.63) is 0 Å². The van der Waals surface area contributed by atoms with Crippen molar-refractivity contribution in [1.82, 2.24) is 9.80 Å². The number of carbonyl (C=O) groups excluding carboxylic acids is 1. The van der Waals surface area contributed by atoms with Gasteiger partial charge in [0.2, 0.25) is 0 Å². The summed E-state index contributed by atoms with van der Waals surface area (Å²) in [5.41, 5.74) is 0. The van der Waals surface area contributed by atoms with E-state index in [4.69, 9.17) is 9.84 Å². The van der Waals surface area contributed by atoms with Crippen LogP contribution in [0.25, 0.3) is 0 Å². The Morgan fingerprint density at radius 2 is 2.11 bits per heavy atom. The Kier molecular flexibility index (Phi) is 5.40. The lowest BCUT2D eigenvalue weighted by atomic mass is 10.1. The van der Waals surface area contributed by atoms with E-state index in [0.717, 1.165) is 12.8 Å². The predicted molar refractivity (Wildman–Crippen MR) is 66.5 cm³/mol. The van der Waals surface area contributed by atoms with Gasteiger partial charge >= 0.3 is 12.0 Å². The molecule has 2 amide bonds. The third-order valence-electron chi connectivity index (χ3n) is 3.23. The highest BCUT2D eigenvalue weighted by atomic mass is 16.5. The van der Waals surface area contributed by atoms with Crippen molar-refractivity contribution in [2.75, 3.05) is 26.7 Å². The molecule has 1 fully saturated rings. The fourth-order valence-electron chi connectivity index (χ4n) is 2.27. The van der Waals surface area contributed by atoms with Gasteiger partial charge < -0.3 is 19.6 Å². The summed E-state index contributed by atoms with van der Waals surface area (Å²) in [6, 6.07) is -0.202. The molecule has 1 heterocycles. The Morgan fingerprint density at radius 3 is 2.56 bits per heavy atom. The van der Waals surface area contributed by atoms with Crippen molar-refractivity contribution in [2.24, 2.45) is 0 Å². The summed E-state index contributed by atoms with van der Waals surface area (Å²) >= 11 is 0. The fraction of sp³-hybridized carbons (Fsp3) is 0.833. The highest BCUT2D eigenvalue weighted by Gasteiger charge is 2.32. The molecule has 0 aromatic heterocycles. The van der Waals surface area contributed by atoms with Crippen LogP contribution in [-0.2, 0) is 9.53 Å². The van der Waals surface area contributed by atoms with Crippen molar-refractivity contribution in [3.8, 4) is 0 Å². The largest absolute Gasteiger partial charge is 0.480 e. The number of likely N-dealkylation sites (N-methyl/N-ethyl adjacent to an activating group) is 1. The molecule has 6 nitrogen and oxygen atoms in total. The Labute approximate surface area is 107 Å². The van der Waals surface area contributed by atoms with E-state index in [1.54, 1.807) is 11.9 Å². The molecule has 1 N–H and O–H groups in total. The zero-order valence-corrected chi connectivity index (χ0v) is 11.3. The van der Waals surface area contributed by atoms with Crippen LogP contribution in [0.3, 0.4) is 0 Å². The molecule has 1 rings (SSSR count). The molecule has 18 heavy (non-hydrogen) atoms. The lowest BCUT2D eigenvalue weighted by Crippen LogP contribution is -2.49. The van der Waals surface area contributed by atoms with Gasteiger partial charge in [-0.1, -0.05) is 6.92 Å². The lowest BCUT2D eigenvalue weighted by Gasteiger charge is -2.32. The second-order valence-corrected chi connectivity index (χ2v) is 4.64. The molecule has 0 spiro atoms. The number of urea groups is 1. The van der Waals surface area contributed by atoms with Crippen LogP contribution >= 0.6 is 0 Å². The summed E-state index contributed by atoms with van der Waals surface area (Å²) in [5, 5.41) is 8.82. The summed E-state index contributed by atoms with van der Waals surface area (Å²) < 4.78 is 5.43. The standard InChI is InChI=1S/C12H22N2O4/c1-4-6-14(8-11(15)16)12(17)13(3)10-5-7-18-9(10)2/h9-10H,4-8H2,1-3H3,(H,15,16). The van der Waals surface area contributed by atoms with Gasteiger partial charge in [-0.2, -0.15) is 0 Å². The number of hydrogen-bond acceptors (Lipinski definition) is 3. The molecule has 2 unspecified atom stereocenters. The van der Waals surface area contributed by atoms with E-state index in [0.29, 0.717) is 13.2 Å². The average Bonchev–Trinajstić information content (AvgIpc) is 2.72. The number of carboxylic acids is 1. The number of hydrogen-bond donors (Lipinski definition) is 1. The Bertz CT molecular complexity index is 308. The highest BCUT2D eigenvalue weighted by molar-refractivity contribution is 5.80. The third kappa shape index (κ3) is 3.60. The van der Waals surface area contributed by atoms with Crippen molar-refractivity contribution < 1.29 is 19.4 Å². The van der Waals surface area contributed by atoms with Gasteiger partial charge in [0.05, 0.1) is 12.1 Å². The van der Waals surface area contributed by atoms with Gasteiger partial charge in [-0.3, -0.25) is 4.79 Å². The molecule has 0 bridgehead atoms. The molecular weight excluding hydrogens is 236 g/mol. The molecule has 2 atom stereocenters. The maximum Gasteiger partial charge on any atom is 0.323 e. The van der Waals surface area contributed by atoms with Crippen molar-refractivity contribution in [2.45, 2.75) is 38.8 Å². The number of carboxylic acid groups (broad SMARTS) is 1. The van der Waals surface area contributed by atoms with Crippen LogP contribution < -0.4 is 0 Å². The summed E-state index contributed by atoms with van der Waals surface area (Å²) in [5.74, 6) is -0.985. The van der Waals surface area contributed by atoms with Crippen LogP contribution in [0.4, 0.5) is 4.79 Å². The number of aliphatic carboxylic acids is 1. The molecule has 0 aliphatic carbocycles. The van der Waals surface area contributed by atoms with Crippen LogP contribution in [0, 0.1) is 0 Å². The Balaban J connectivity index is 2.66. The minimum Gasteiger partial charge on any atom is -0.480 e. The zero-order chi connectivity index (χ0) is 13.7. The van der Waals surface area contributed by atoms with Crippen molar-refractivity contribution >= 4 is 12.0 Å². The topological polar surface area (TPSA) is 70.1 Å². The van der Waals surface area contributed by atoms with E-state index >= 15 is 0 Å². The monoisotopic (exact) mass is 258 g/mol. The van der Waals surface area contributed by atoms with Crippen LogP contribution in [0.1, 0.15) is 26.7 Å². The first-order valence-corrected chi connectivity index (χ1v) is 6.32. The van der Waals surface area contributed by atoms with E-state index in [1.807, 2.05) is 13.8 Å². The Hall–Kier alpha value is -1.30. The quantitative estimate of drug-likeness (QED) is 0.799. The molecule has 0 aromatic rings. The van der Waals surface area contributed by atoms with Gasteiger partial charge in [0.15, 0.2) is 0 Å². The van der Waals surface area contributed by atoms with Crippen LogP contribution in [0.2, 0.25) is 0 Å². The molecule has 6 heteroatoms. The van der Waals surface area contributed by atoms with E-state index in [1.165, 1.54) is 4.90 Å². The smallest absolute Gasteiger partial charge is 0.323 e. The highest BCUT2D eigenvalue weighted by Crippen LogP contribution is 2.19. The molecular formula is C12H22N2O4. The zero-order valence-electron chi connectivity index (χ0n) is 11.3. The molecule has 1 saturated heterocycles. The Morgan fingerprint density at radius 1 is 1.44 bits per heavy atom. The molecule has 1 aliphatic rings. The first kappa shape index (κ1) is 14.8. The first-order valence-electron chi connectivity index (χ1n) is 6.32. The number of rotatable bonds is 5. The van der Waals surface area contributed by atoms with Crippen molar-refractivity contribution in [1.29, 1.82) is 0 Å². The molecule has 0 saturated carbocycles. The van der Waals surface area contributed by atoms with Crippen molar-refractivity contribution in [3.63, 3.8) is 0 Å². The van der Waals surface area contributed by atoms with Gasteiger partial charge in [-0.25, -0.2) is 4.79 Å². The maximum atomic E-state index is 12.2. The van der Waals surface area contributed by atoms with Crippen LogP contribution in [0.15, 0.2) is 0 Å². The summed E-state index contributed by atoms with van der Waals surface area (Å²) in [6.45, 7) is 4.71. The number of ether oxygens (including phenoxy) is 1. The van der Waals surface area contributed by atoms with E-state index in [9.17, 15) is 9.59 Å². The first-order chi connectivity index (χ1) is 8.47.